The van der Waals surface area contributed by atoms with Crippen molar-refractivity contribution in [2.45, 2.75) is 52.6 Å². The van der Waals surface area contributed by atoms with E-state index in [0.29, 0.717) is 24.9 Å². The van der Waals surface area contributed by atoms with E-state index in [4.69, 9.17) is 9.73 Å². The van der Waals surface area contributed by atoms with Crippen LogP contribution in [0.4, 0.5) is 5.69 Å². The van der Waals surface area contributed by atoms with E-state index in [1.807, 2.05) is 24.3 Å². The number of anilines is 1. The maximum absolute atomic E-state index is 12.1. The van der Waals surface area contributed by atoms with Gasteiger partial charge in [-0.15, -0.1) is 0 Å². The van der Waals surface area contributed by atoms with E-state index in [1.54, 1.807) is 14.0 Å². The number of ketones is 1. The second-order valence-electron chi connectivity index (χ2n) is 10.2. The Labute approximate surface area is 226 Å². The van der Waals surface area contributed by atoms with E-state index in [2.05, 4.69) is 80.3 Å². The number of methoxy groups -OCH3 is 1. The lowest BCUT2D eigenvalue weighted by atomic mass is 9.95. The summed E-state index contributed by atoms with van der Waals surface area (Å²) < 4.78 is 5.64. The highest BCUT2D eigenvalue weighted by Crippen LogP contribution is 2.31. The number of rotatable bonds is 9. The lowest BCUT2D eigenvalue weighted by Gasteiger charge is -2.33. The number of carbonyl (C=O) groups excluding carboxylic acids is 1. The van der Waals surface area contributed by atoms with Gasteiger partial charge < -0.3 is 9.64 Å². The van der Waals surface area contributed by atoms with Crippen LogP contribution in [-0.2, 0) is 21.6 Å². The minimum Gasteiger partial charge on any atom is -0.374 e. The van der Waals surface area contributed by atoms with Crippen LogP contribution in [0.25, 0.3) is 11.1 Å². The molecule has 0 saturated carbocycles. The first kappa shape index (κ1) is 27.0. The summed E-state index contributed by atoms with van der Waals surface area (Å²) in [6.45, 7) is 8.52. The predicted octanol–water partition coefficient (Wildman–Crippen LogP) is 7.21. The van der Waals surface area contributed by atoms with Crippen molar-refractivity contribution >= 4 is 17.3 Å². The molecule has 38 heavy (non-hydrogen) atoms. The monoisotopic (exact) mass is 505 g/mol. The van der Waals surface area contributed by atoms with Crippen molar-refractivity contribution in [3.05, 3.63) is 101 Å². The van der Waals surface area contributed by atoms with Crippen molar-refractivity contribution in [2.75, 3.05) is 18.6 Å². The molecule has 0 aromatic heterocycles. The van der Waals surface area contributed by atoms with Gasteiger partial charge in [0, 0.05) is 32.2 Å². The second kappa shape index (κ2) is 11.6. The molecule has 5 nitrogen and oxygen atoms in total. The number of hydrogen-bond acceptors (Lipinski definition) is 5. The molecule has 0 bridgehead atoms. The number of allylic oxidation sites excluding steroid dienone is 1. The summed E-state index contributed by atoms with van der Waals surface area (Å²) in [5, 5.41) is 9.47. The Kier molecular flexibility index (Phi) is 8.24. The molecule has 0 amide bonds. The quantitative estimate of drug-likeness (QED) is 0.308. The highest BCUT2D eigenvalue weighted by molar-refractivity contribution is 6.00. The fourth-order valence-electron chi connectivity index (χ4n) is 4.78. The third-order valence-corrected chi connectivity index (χ3v) is 7.18. The zero-order valence-corrected chi connectivity index (χ0v) is 22.9. The number of hydrogen-bond donors (Lipinski definition) is 0. The minimum atomic E-state index is -0.359. The Morgan fingerprint density at radius 3 is 2.34 bits per heavy atom. The summed E-state index contributed by atoms with van der Waals surface area (Å²) in [5.41, 5.74) is 7.60. The zero-order valence-electron chi connectivity index (χ0n) is 22.9. The molecule has 1 heterocycles. The van der Waals surface area contributed by atoms with Crippen LogP contribution in [0, 0.1) is 11.3 Å². The van der Waals surface area contributed by atoms with Crippen molar-refractivity contribution in [3.8, 4) is 17.2 Å². The van der Waals surface area contributed by atoms with Crippen LogP contribution in [0.5, 0.6) is 0 Å². The molecular formula is C33H35N3O2. The van der Waals surface area contributed by atoms with Gasteiger partial charge in [0.1, 0.15) is 11.6 Å². The Morgan fingerprint density at radius 1 is 1.05 bits per heavy atom. The molecule has 3 aromatic rings. The average molecular weight is 506 g/mol. The molecule has 0 spiro atoms. The normalized spacial score (nSPS) is 13.8. The van der Waals surface area contributed by atoms with E-state index in [1.165, 1.54) is 0 Å². The number of aliphatic imine (C=N–C) groups is 1. The van der Waals surface area contributed by atoms with Crippen molar-refractivity contribution < 1.29 is 9.53 Å². The van der Waals surface area contributed by atoms with E-state index in [-0.39, 0.29) is 11.4 Å². The minimum absolute atomic E-state index is 0.111. The summed E-state index contributed by atoms with van der Waals surface area (Å²) in [6, 6.07) is 26.7. The SMILES string of the molecule is CCC1=NC(CC(C)=O)=C(Cc2ccc(-c3ccccc3C#N)cc2)CN1c1ccc(C(C)(C)OC)cc1. The summed E-state index contributed by atoms with van der Waals surface area (Å²) in [6.07, 6.45) is 1.81. The molecule has 0 atom stereocenters. The molecule has 0 fully saturated rings. The first-order valence-electron chi connectivity index (χ1n) is 13.0. The van der Waals surface area contributed by atoms with Crippen LogP contribution >= 0.6 is 0 Å². The number of benzene rings is 3. The van der Waals surface area contributed by atoms with Gasteiger partial charge >= 0.3 is 0 Å². The number of nitriles is 1. The Balaban J connectivity index is 1.64. The van der Waals surface area contributed by atoms with Gasteiger partial charge in [0.15, 0.2) is 0 Å². The van der Waals surface area contributed by atoms with E-state index < -0.39 is 0 Å². The number of carbonyl (C=O) groups is 1. The lowest BCUT2D eigenvalue weighted by molar-refractivity contribution is -0.116. The molecule has 0 N–H and O–H groups in total. The molecular weight excluding hydrogens is 470 g/mol. The van der Waals surface area contributed by atoms with Crippen LogP contribution in [0.3, 0.4) is 0 Å². The van der Waals surface area contributed by atoms with Crippen LogP contribution < -0.4 is 4.90 Å². The van der Waals surface area contributed by atoms with Gasteiger partial charge in [-0.3, -0.25) is 4.79 Å². The molecule has 1 aliphatic rings. The smallest absolute Gasteiger partial charge is 0.135 e. The Morgan fingerprint density at radius 2 is 1.74 bits per heavy atom. The third-order valence-electron chi connectivity index (χ3n) is 7.18. The summed E-state index contributed by atoms with van der Waals surface area (Å²) >= 11 is 0. The van der Waals surface area contributed by atoms with Crippen molar-refractivity contribution in [3.63, 3.8) is 0 Å². The standard InChI is InChI=1S/C33H35N3O2/c1-6-32-35-31(19-23(2)37)27(22-36(32)29-17-15-28(16-18-29)33(3,4)38-5)20-24-11-13-25(14-12-24)30-10-8-7-9-26(30)21-34/h7-18H,6,19-20,22H2,1-5H3. The van der Waals surface area contributed by atoms with E-state index in [0.717, 1.165) is 51.5 Å². The molecule has 0 unspecified atom stereocenters. The van der Waals surface area contributed by atoms with Crippen molar-refractivity contribution in [2.24, 2.45) is 4.99 Å². The van der Waals surface area contributed by atoms with Gasteiger partial charge in [0.25, 0.3) is 0 Å². The third kappa shape index (κ3) is 5.93. The molecule has 1 aliphatic heterocycles. The van der Waals surface area contributed by atoms with Crippen LogP contribution in [0.15, 0.2) is 89.1 Å². The number of ether oxygens (including phenoxy) is 1. The van der Waals surface area contributed by atoms with Gasteiger partial charge in [-0.2, -0.15) is 5.26 Å². The van der Waals surface area contributed by atoms with Gasteiger partial charge in [0.2, 0.25) is 0 Å². The van der Waals surface area contributed by atoms with Crippen LogP contribution in [0.1, 0.15) is 57.2 Å². The van der Waals surface area contributed by atoms with Crippen molar-refractivity contribution in [1.82, 2.24) is 0 Å². The van der Waals surface area contributed by atoms with Gasteiger partial charge in [0.05, 0.1) is 22.9 Å². The Bertz CT molecular complexity index is 1410. The van der Waals surface area contributed by atoms with Crippen LogP contribution in [0.2, 0.25) is 0 Å². The number of amidine groups is 1. The molecule has 0 aliphatic carbocycles. The highest BCUT2D eigenvalue weighted by Gasteiger charge is 2.25. The van der Waals surface area contributed by atoms with E-state index in [9.17, 15) is 10.1 Å². The Hall–Kier alpha value is -4.01. The van der Waals surface area contributed by atoms with Crippen LogP contribution in [-0.4, -0.2) is 25.3 Å². The largest absolute Gasteiger partial charge is 0.374 e. The fraction of sp³-hybridized carbons (Fsp3) is 0.303. The highest BCUT2D eigenvalue weighted by atomic mass is 16.5. The van der Waals surface area contributed by atoms with Gasteiger partial charge in [-0.05, 0) is 73.2 Å². The molecule has 194 valence electrons. The van der Waals surface area contributed by atoms with E-state index >= 15 is 0 Å². The number of Topliss-reactive ketones (excluding diaryl/α,β-unsaturated/α-hetero) is 1. The second-order valence-corrected chi connectivity index (χ2v) is 10.2. The maximum Gasteiger partial charge on any atom is 0.135 e. The predicted molar refractivity (Wildman–Crippen MR) is 154 cm³/mol. The molecule has 4 rings (SSSR count). The van der Waals surface area contributed by atoms with Gasteiger partial charge in [-0.1, -0.05) is 61.5 Å². The molecule has 0 saturated heterocycles. The molecule has 3 aromatic carbocycles. The first-order chi connectivity index (χ1) is 18.2. The summed E-state index contributed by atoms with van der Waals surface area (Å²) in [7, 11) is 1.73. The number of nitrogens with zero attached hydrogens (tertiary/aromatic N) is 3. The van der Waals surface area contributed by atoms with Gasteiger partial charge in [-0.25, -0.2) is 4.99 Å². The van der Waals surface area contributed by atoms with Crippen molar-refractivity contribution in [1.29, 1.82) is 5.26 Å². The summed E-state index contributed by atoms with van der Waals surface area (Å²) in [4.78, 5) is 19.4. The first-order valence-corrected chi connectivity index (χ1v) is 13.0. The average Bonchev–Trinajstić information content (AvgIpc) is 2.94. The maximum atomic E-state index is 12.1. The summed E-state index contributed by atoms with van der Waals surface area (Å²) in [5.74, 6) is 1.08. The molecule has 5 heteroatoms. The molecule has 0 radical (unpaired) electrons. The lowest BCUT2D eigenvalue weighted by Crippen LogP contribution is -2.36. The zero-order chi connectivity index (χ0) is 27.3. The fourth-order valence-corrected chi connectivity index (χ4v) is 4.78. The topological polar surface area (TPSA) is 65.7 Å².